The molecule has 2 aliphatic rings. The molecule has 7 heteroatoms. The molecule has 0 aliphatic carbocycles. The van der Waals surface area contributed by atoms with Gasteiger partial charge >= 0.3 is 5.97 Å². The van der Waals surface area contributed by atoms with E-state index in [0.717, 1.165) is 30.9 Å². The number of piperidine rings is 2. The van der Waals surface area contributed by atoms with Crippen molar-refractivity contribution in [1.82, 2.24) is 15.1 Å². The zero-order chi connectivity index (χ0) is 18.5. The highest BCUT2D eigenvalue weighted by molar-refractivity contribution is 5.80. The number of anilines is 1. The number of aryl methyl sites for hydroxylation is 1. The van der Waals surface area contributed by atoms with E-state index in [9.17, 15) is 9.59 Å². The van der Waals surface area contributed by atoms with Crippen molar-refractivity contribution < 1.29 is 14.3 Å². The van der Waals surface area contributed by atoms with Crippen LogP contribution in [0.1, 0.15) is 38.3 Å². The molecule has 142 valence electrons. The summed E-state index contributed by atoms with van der Waals surface area (Å²) in [5.41, 5.74) is 0.892. The van der Waals surface area contributed by atoms with Crippen LogP contribution in [-0.2, 0) is 14.3 Å². The molecule has 1 atom stereocenters. The van der Waals surface area contributed by atoms with E-state index in [1.165, 1.54) is 0 Å². The van der Waals surface area contributed by atoms with E-state index in [-0.39, 0.29) is 23.7 Å². The molecule has 0 N–H and O–H groups in total. The van der Waals surface area contributed by atoms with E-state index in [4.69, 9.17) is 4.74 Å². The largest absolute Gasteiger partial charge is 0.466 e. The molecule has 2 saturated heterocycles. The first-order chi connectivity index (χ1) is 12.6. The number of hydrogen-bond donors (Lipinski definition) is 0. The lowest BCUT2D eigenvalue weighted by Gasteiger charge is -2.37. The minimum Gasteiger partial charge on any atom is -0.466 e. The summed E-state index contributed by atoms with van der Waals surface area (Å²) in [4.78, 5) is 28.9. The zero-order valence-electron chi connectivity index (χ0n) is 15.7. The summed E-state index contributed by atoms with van der Waals surface area (Å²) in [6, 6.07) is 3.92. The highest BCUT2D eigenvalue weighted by Crippen LogP contribution is 2.25. The number of hydrogen-bond acceptors (Lipinski definition) is 6. The number of amides is 1. The average molecular weight is 360 g/mol. The van der Waals surface area contributed by atoms with Gasteiger partial charge < -0.3 is 14.5 Å². The lowest BCUT2D eigenvalue weighted by molar-refractivity contribution is -0.151. The van der Waals surface area contributed by atoms with Gasteiger partial charge in [-0.05, 0) is 51.7 Å². The van der Waals surface area contributed by atoms with E-state index in [1.807, 2.05) is 30.9 Å². The third-order valence-electron chi connectivity index (χ3n) is 5.30. The fourth-order valence-corrected chi connectivity index (χ4v) is 3.80. The molecule has 2 fully saturated rings. The number of carbonyl (C=O) groups is 2. The molecule has 7 nitrogen and oxygen atoms in total. The van der Waals surface area contributed by atoms with Gasteiger partial charge in [-0.25, -0.2) is 0 Å². The maximum atomic E-state index is 12.9. The Morgan fingerprint density at radius 1 is 1.12 bits per heavy atom. The molecule has 0 bridgehead atoms. The minimum atomic E-state index is -0.124. The first kappa shape index (κ1) is 18.6. The quantitative estimate of drug-likeness (QED) is 0.762. The number of aromatic nitrogens is 2. The van der Waals surface area contributed by atoms with Gasteiger partial charge in [0.05, 0.1) is 24.1 Å². The summed E-state index contributed by atoms with van der Waals surface area (Å²) in [6.07, 6.45) is 3.28. The lowest BCUT2D eigenvalue weighted by Crippen LogP contribution is -2.48. The normalized spacial score (nSPS) is 21.5. The molecule has 0 aromatic carbocycles. The third-order valence-corrected chi connectivity index (χ3v) is 5.30. The van der Waals surface area contributed by atoms with Gasteiger partial charge in [0.2, 0.25) is 5.91 Å². The van der Waals surface area contributed by atoms with Crippen molar-refractivity contribution in [1.29, 1.82) is 0 Å². The lowest BCUT2D eigenvalue weighted by atomic mass is 9.93. The van der Waals surface area contributed by atoms with Gasteiger partial charge in [-0.1, -0.05) is 0 Å². The van der Waals surface area contributed by atoms with Crippen molar-refractivity contribution >= 4 is 17.7 Å². The standard InChI is InChI=1S/C19H28N4O3/c1-3-26-19(25)15-8-11-22(12-9-15)18(24)16-5-4-10-23(13-16)17-7-6-14(2)20-21-17/h6-7,15-16H,3-5,8-13H2,1-2H3. The van der Waals surface area contributed by atoms with Gasteiger partial charge in [-0.2, -0.15) is 5.10 Å². The van der Waals surface area contributed by atoms with Gasteiger partial charge in [0.25, 0.3) is 0 Å². The molecule has 26 heavy (non-hydrogen) atoms. The number of esters is 1. The molecule has 1 aromatic rings. The van der Waals surface area contributed by atoms with Gasteiger partial charge in [0, 0.05) is 26.2 Å². The summed E-state index contributed by atoms with van der Waals surface area (Å²) < 4.78 is 5.10. The molecule has 3 rings (SSSR count). The van der Waals surface area contributed by atoms with Crippen molar-refractivity contribution in [3.63, 3.8) is 0 Å². The second-order valence-electron chi connectivity index (χ2n) is 7.17. The van der Waals surface area contributed by atoms with E-state index >= 15 is 0 Å². The fraction of sp³-hybridized carbons (Fsp3) is 0.684. The summed E-state index contributed by atoms with van der Waals surface area (Å²) >= 11 is 0. The molecule has 0 saturated carbocycles. The zero-order valence-corrected chi connectivity index (χ0v) is 15.7. The Balaban J connectivity index is 1.55. The smallest absolute Gasteiger partial charge is 0.309 e. The SMILES string of the molecule is CCOC(=O)C1CCN(C(=O)C2CCCN(c3ccc(C)nn3)C2)CC1. The van der Waals surface area contributed by atoms with Crippen molar-refractivity contribution in [3.8, 4) is 0 Å². The Morgan fingerprint density at radius 2 is 1.88 bits per heavy atom. The minimum absolute atomic E-state index is 0.00834. The maximum absolute atomic E-state index is 12.9. The Labute approximate surface area is 154 Å². The van der Waals surface area contributed by atoms with Crippen molar-refractivity contribution in [3.05, 3.63) is 17.8 Å². The number of rotatable bonds is 4. The fourth-order valence-electron chi connectivity index (χ4n) is 3.80. The number of likely N-dealkylation sites (tertiary alicyclic amines) is 1. The molecule has 3 heterocycles. The summed E-state index contributed by atoms with van der Waals surface area (Å²) in [5.74, 6) is 0.850. The average Bonchev–Trinajstić information content (AvgIpc) is 2.68. The highest BCUT2D eigenvalue weighted by Gasteiger charge is 2.33. The second-order valence-corrected chi connectivity index (χ2v) is 7.17. The summed E-state index contributed by atoms with van der Waals surface area (Å²) in [7, 11) is 0. The van der Waals surface area contributed by atoms with Crippen molar-refractivity contribution in [2.75, 3.05) is 37.7 Å². The monoisotopic (exact) mass is 360 g/mol. The van der Waals surface area contributed by atoms with Crippen LogP contribution in [0.3, 0.4) is 0 Å². The van der Waals surface area contributed by atoms with Gasteiger partial charge in [-0.15, -0.1) is 5.10 Å². The van der Waals surface area contributed by atoms with Crippen molar-refractivity contribution in [2.24, 2.45) is 11.8 Å². The van der Waals surface area contributed by atoms with Crippen LogP contribution in [0.2, 0.25) is 0 Å². The first-order valence-corrected chi connectivity index (χ1v) is 9.59. The van der Waals surface area contributed by atoms with E-state index < -0.39 is 0 Å². The van der Waals surface area contributed by atoms with Crippen LogP contribution < -0.4 is 4.90 Å². The van der Waals surface area contributed by atoms with E-state index in [0.29, 0.717) is 39.1 Å². The number of nitrogens with zero attached hydrogens (tertiary/aromatic N) is 4. The van der Waals surface area contributed by atoms with Gasteiger partial charge in [-0.3, -0.25) is 9.59 Å². The van der Waals surface area contributed by atoms with E-state index in [2.05, 4.69) is 15.1 Å². The van der Waals surface area contributed by atoms with Crippen LogP contribution in [0.4, 0.5) is 5.82 Å². The maximum Gasteiger partial charge on any atom is 0.309 e. The van der Waals surface area contributed by atoms with Gasteiger partial charge in [0.15, 0.2) is 5.82 Å². The van der Waals surface area contributed by atoms with E-state index in [1.54, 1.807) is 0 Å². The number of ether oxygens (including phenoxy) is 1. The Morgan fingerprint density at radius 3 is 2.54 bits per heavy atom. The molecule has 1 amide bonds. The molecule has 1 unspecified atom stereocenters. The van der Waals surface area contributed by atoms with Crippen LogP contribution in [0.25, 0.3) is 0 Å². The predicted octanol–water partition coefficient (Wildman–Crippen LogP) is 1.80. The van der Waals surface area contributed by atoms with Crippen LogP contribution in [0, 0.1) is 18.8 Å². The Kier molecular flexibility index (Phi) is 6.06. The molecular weight excluding hydrogens is 332 g/mol. The summed E-state index contributed by atoms with van der Waals surface area (Å²) in [5, 5.41) is 8.38. The number of carbonyl (C=O) groups excluding carboxylic acids is 2. The molecular formula is C19H28N4O3. The molecule has 1 aromatic heterocycles. The topological polar surface area (TPSA) is 75.6 Å². The predicted molar refractivity (Wildman–Crippen MR) is 97.6 cm³/mol. The molecule has 0 radical (unpaired) electrons. The van der Waals surface area contributed by atoms with Crippen LogP contribution in [-0.4, -0.2) is 59.8 Å². The third kappa shape index (κ3) is 4.31. The molecule has 2 aliphatic heterocycles. The van der Waals surface area contributed by atoms with Crippen LogP contribution in [0.15, 0.2) is 12.1 Å². The van der Waals surface area contributed by atoms with Crippen molar-refractivity contribution in [2.45, 2.75) is 39.5 Å². The van der Waals surface area contributed by atoms with Crippen LogP contribution in [0.5, 0.6) is 0 Å². The Hall–Kier alpha value is -2.18. The Bertz CT molecular complexity index is 626. The summed E-state index contributed by atoms with van der Waals surface area (Å²) in [6.45, 7) is 7.04. The molecule has 0 spiro atoms. The first-order valence-electron chi connectivity index (χ1n) is 9.59. The second kappa shape index (κ2) is 8.47. The highest BCUT2D eigenvalue weighted by atomic mass is 16.5. The van der Waals surface area contributed by atoms with Crippen LogP contribution >= 0.6 is 0 Å². The van der Waals surface area contributed by atoms with Gasteiger partial charge in [0.1, 0.15) is 0 Å².